The summed E-state index contributed by atoms with van der Waals surface area (Å²) in [5.41, 5.74) is 0.0167. The Kier molecular flexibility index (Phi) is 3.69. The van der Waals surface area contributed by atoms with Crippen LogP contribution < -0.4 is 0 Å². The molecule has 0 unspecified atom stereocenters. The predicted molar refractivity (Wildman–Crippen MR) is 74.0 cm³/mol. The monoisotopic (exact) mass is 313 g/mol. The Hall–Kier alpha value is -1.50. The van der Waals surface area contributed by atoms with Crippen LogP contribution in [0, 0.1) is 0 Å². The van der Waals surface area contributed by atoms with Gasteiger partial charge in [0.25, 0.3) is 0 Å². The Morgan fingerprint density at radius 2 is 2.05 bits per heavy atom. The number of hydrogen-bond donors (Lipinski definition) is 0. The minimum Gasteiger partial charge on any atom is -0.309 e. The maximum atomic E-state index is 12.7. The third-order valence-corrected chi connectivity index (χ3v) is 4.52. The van der Waals surface area contributed by atoms with E-state index in [1.807, 2.05) is 11.6 Å². The van der Waals surface area contributed by atoms with Crippen molar-refractivity contribution in [1.82, 2.24) is 14.8 Å². The molecule has 3 nitrogen and oxygen atoms in total. The van der Waals surface area contributed by atoms with Crippen LogP contribution in [-0.4, -0.2) is 14.8 Å². The summed E-state index contributed by atoms with van der Waals surface area (Å²) in [6.45, 7) is 0. The molecule has 0 radical (unpaired) electrons. The van der Waals surface area contributed by atoms with E-state index in [0.29, 0.717) is 17.2 Å². The molecule has 1 aliphatic rings. The van der Waals surface area contributed by atoms with Gasteiger partial charge in [-0.2, -0.15) is 13.2 Å². The molecule has 0 saturated heterocycles. The lowest BCUT2D eigenvalue weighted by atomic mass is 10.1. The van der Waals surface area contributed by atoms with Gasteiger partial charge in [0.2, 0.25) is 0 Å². The van der Waals surface area contributed by atoms with Crippen molar-refractivity contribution in [2.75, 3.05) is 0 Å². The summed E-state index contributed by atoms with van der Waals surface area (Å²) in [5, 5.41) is 9.02. The Balaban J connectivity index is 1.70. The van der Waals surface area contributed by atoms with Gasteiger partial charge in [-0.05, 0) is 24.5 Å². The van der Waals surface area contributed by atoms with Crippen LogP contribution in [-0.2, 0) is 19.0 Å². The van der Waals surface area contributed by atoms with Crippen molar-refractivity contribution in [3.05, 3.63) is 41.2 Å². The Morgan fingerprint density at radius 3 is 2.71 bits per heavy atom. The fourth-order valence-electron chi connectivity index (χ4n) is 2.13. The summed E-state index contributed by atoms with van der Waals surface area (Å²) in [6, 6.07) is 5.40. The number of benzene rings is 1. The molecule has 3 rings (SSSR count). The number of nitrogens with zero attached hydrogens (tertiary/aromatic N) is 3. The first kappa shape index (κ1) is 14.4. The molecule has 0 atom stereocenters. The zero-order chi connectivity index (χ0) is 15.0. The zero-order valence-electron chi connectivity index (χ0n) is 11.4. The lowest BCUT2D eigenvalue weighted by Crippen LogP contribution is -2.05. The molecule has 0 bridgehead atoms. The van der Waals surface area contributed by atoms with Gasteiger partial charge < -0.3 is 4.57 Å². The molecule has 1 aliphatic carbocycles. The Morgan fingerprint density at radius 1 is 1.29 bits per heavy atom. The third-order valence-electron chi connectivity index (χ3n) is 3.43. The number of halogens is 3. The normalized spacial score (nSPS) is 15.4. The first-order valence-corrected chi connectivity index (χ1v) is 7.62. The molecule has 2 aromatic rings. The number of hydrogen-bond acceptors (Lipinski definition) is 3. The van der Waals surface area contributed by atoms with Gasteiger partial charge in [0, 0.05) is 18.7 Å². The van der Waals surface area contributed by atoms with Gasteiger partial charge in [-0.1, -0.05) is 30.0 Å². The average molecular weight is 313 g/mol. The third kappa shape index (κ3) is 3.23. The summed E-state index contributed by atoms with van der Waals surface area (Å²) < 4.78 is 39.9. The summed E-state index contributed by atoms with van der Waals surface area (Å²) in [7, 11) is 1.90. The summed E-state index contributed by atoms with van der Waals surface area (Å²) in [5.74, 6) is 1.92. The van der Waals surface area contributed by atoms with E-state index in [-0.39, 0.29) is 0 Å². The fourth-order valence-corrected chi connectivity index (χ4v) is 3.00. The number of thioether (sulfide) groups is 1. The highest BCUT2D eigenvalue weighted by atomic mass is 32.2. The first-order chi connectivity index (χ1) is 9.95. The van der Waals surface area contributed by atoms with Crippen LogP contribution in [0.3, 0.4) is 0 Å². The van der Waals surface area contributed by atoms with Crippen LogP contribution in [0.15, 0.2) is 29.4 Å². The van der Waals surface area contributed by atoms with Crippen molar-refractivity contribution in [2.45, 2.75) is 35.8 Å². The van der Waals surface area contributed by atoms with Crippen molar-refractivity contribution in [1.29, 1.82) is 0 Å². The SMILES string of the molecule is Cn1c(SCc2cccc(C(F)(F)F)c2)nnc1C1CC1. The van der Waals surface area contributed by atoms with Crippen LogP contribution in [0.5, 0.6) is 0 Å². The number of aromatic nitrogens is 3. The molecule has 1 aromatic carbocycles. The molecular weight excluding hydrogens is 299 g/mol. The molecule has 7 heteroatoms. The molecule has 0 amide bonds. The quantitative estimate of drug-likeness (QED) is 0.799. The van der Waals surface area contributed by atoms with Crippen LogP contribution in [0.4, 0.5) is 13.2 Å². The van der Waals surface area contributed by atoms with Crippen LogP contribution >= 0.6 is 11.8 Å². The van der Waals surface area contributed by atoms with Crippen molar-refractivity contribution < 1.29 is 13.2 Å². The lowest BCUT2D eigenvalue weighted by Gasteiger charge is -2.08. The molecule has 1 fully saturated rings. The van der Waals surface area contributed by atoms with Gasteiger partial charge in [-0.25, -0.2) is 0 Å². The number of alkyl halides is 3. The molecule has 21 heavy (non-hydrogen) atoms. The van der Waals surface area contributed by atoms with Gasteiger partial charge in [0.15, 0.2) is 5.16 Å². The zero-order valence-corrected chi connectivity index (χ0v) is 12.2. The van der Waals surface area contributed by atoms with E-state index in [1.165, 1.54) is 23.9 Å². The molecule has 0 spiro atoms. The van der Waals surface area contributed by atoms with E-state index in [1.54, 1.807) is 6.07 Å². The van der Waals surface area contributed by atoms with Gasteiger partial charge >= 0.3 is 6.18 Å². The summed E-state index contributed by atoms with van der Waals surface area (Å²) in [6.07, 6.45) is -2.01. The maximum absolute atomic E-state index is 12.7. The lowest BCUT2D eigenvalue weighted by molar-refractivity contribution is -0.137. The molecule has 112 valence electrons. The molecule has 1 saturated carbocycles. The predicted octanol–water partition coefficient (Wildman–Crippen LogP) is 4.00. The average Bonchev–Trinajstić information content (AvgIpc) is 3.21. The first-order valence-electron chi connectivity index (χ1n) is 6.63. The van der Waals surface area contributed by atoms with E-state index in [0.717, 1.165) is 29.9 Å². The topological polar surface area (TPSA) is 30.7 Å². The molecule has 0 aliphatic heterocycles. The van der Waals surface area contributed by atoms with E-state index in [2.05, 4.69) is 10.2 Å². The highest BCUT2D eigenvalue weighted by Crippen LogP contribution is 2.39. The van der Waals surface area contributed by atoms with Crippen LogP contribution in [0.1, 0.15) is 35.7 Å². The Bertz CT molecular complexity index is 647. The summed E-state index contributed by atoms with van der Waals surface area (Å²) in [4.78, 5) is 0. The molecule has 1 heterocycles. The van der Waals surface area contributed by atoms with Gasteiger partial charge in [0.05, 0.1) is 5.56 Å². The second-order valence-electron chi connectivity index (χ2n) is 5.16. The van der Waals surface area contributed by atoms with Crippen LogP contribution in [0.25, 0.3) is 0 Å². The summed E-state index contributed by atoms with van der Waals surface area (Å²) >= 11 is 1.41. The standard InChI is InChI=1S/C14H14F3N3S/c1-20-12(10-5-6-10)18-19-13(20)21-8-9-3-2-4-11(7-9)14(15,16)17/h2-4,7,10H,5-6,8H2,1H3. The smallest absolute Gasteiger partial charge is 0.309 e. The number of rotatable bonds is 4. The van der Waals surface area contributed by atoms with Crippen molar-refractivity contribution in [3.63, 3.8) is 0 Å². The Labute approximate surface area is 124 Å². The largest absolute Gasteiger partial charge is 0.416 e. The van der Waals surface area contributed by atoms with Gasteiger partial charge in [-0.3, -0.25) is 0 Å². The molecular formula is C14H14F3N3S. The fraction of sp³-hybridized carbons (Fsp3) is 0.429. The van der Waals surface area contributed by atoms with Crippen molar-refractivity contribution in [3.8, 4) is 0 Å². The second-order valence-corrected chi connectivity index (χ2v) is 6.10. The van der Waals surface area contributed by atoms with E-state index < -0.39 is 11.7 Å². The van der Waals surface area contributed by atoms with Gasteiger partial charge in [-0.15, -0.1) is 10.2 Å². The van der Waals surface area contributed by atoms with Crippen LogP contribution in [0.2, 0.25) is 0 Å². The van der Waals surface area contributed by atoms with Crippen molar-refractivity contribution >= 4 is 11.8 Å². The van der Waals surface area contributed by atoms with E-state index >= 15 is 0 Å². The highest BCUT2D eigenvalue weighted by Gasteiger charge is 2.31. The minimum atomic E-state index is -4.30. The minimum absolute atomic E-state index is 0.445. The van der Waals surface area contributed by atoms with E-state index in [4.69, 9.17) is 0 Å². The second kappa shape index (κ2) is 5.36. The van der Waals surface area contributed by atoms with Crippen molar-refractivity contribution in [2.24, 2.45) is 7.05 Å². The molecule has 1 aromatic heterocycles. The molecule has 0 N–H and O–H groups in total. The van der Waals surface area contributed by atoms with Gasteiger partial charge in [0.1, 0.15) is 5.82 Å². The highest BCUT2D eigenvalue weighted by molar-refractivity contribution is 7.98. The maximum Gasteiger partial charge on any atom is 0.416 e. The van der Waals surface area contributed by atoms with E-state index in [9.17, 15) is 13.2 Å².